The average molecular weight is 227 g/mol. The van der Waals surface area contributed by atoms with Gasteiger partial charge in [0.15, 0.2) is 5.65 Å². The molecule has 0 aliphatic rings. The number of hydrogen-bond donors (Lipinski definition) is 0. The Labute approximate surface area is 89.4 Å². The van der Waals surface area contributed by atoms with Crippen molar-refractivity contribution in [2.75, 3.05) is 0 Å². The lowest BCUT2D eigenvalue weighted by Crippen LogP contribution is -2.08. The molecule has 0 spiro atoms. The van der Waals surface area contributed by atoms with Gasteiger partial charge in [-0.15, -0.1) is 0 Å². The molecule has 0 N–H and O–H groups in total. The van der Waals surface area contributed by atoms with Gasteiger partial charge in [0.05, 0.1) is 0 Å². The highest BCUT2D eigenvalue weighted by molar-refractivity contribution is 5.73. The van der Waals surface area contributed by atoms with Gasteiger partial charge in [0.2, 0.25) is 0 Å². The number of fused-ring (bicyclic) bond motifs is 1. The van der Waals surface area contributed by atoms with Gasteiger partial charge in [-0.05, 0) is 12.1 Å². The van der Waals surface area contributed by atoms with E-state index >= 15 is 0 Å². The van der Waals surface area contributed by atoms with Crippen molar-refractivity contribution in [2.24, 2.45) is 0 Å². The Hall–Kier alpha value is -1.72. The Bertz CT molecular complexity index is 522. The summed E-state index contributed by atoms with van der Waals surface area (Å²) in [5, 5.41) is 0.505. The van der Waals surface area contributed by atoms with Crippen LogP contribution in [0.25, 0.3) is 11.0 Å². The number of rotatable bonds is 1. The van der Waals surface area contributed by atoms with Crippen LogP contribution < -0.4 is 0 Å². The first-order chi connectivity index (χ1) is 7.50. The maximum atomic E-state index is 12.4. The summed E-state index contributed by atoms with van der Waals surface area (Å²) in [4.78, 5) is 11.4. The van der Waals surface area contributed by atoms with E-state index in [0.717, 1.165) is 6.07 Å². The Balaban J connectivity index is 2.59. The van der Waals surface area contributed by atoms with Gasteiger partial charge in [-0.25, -0.2) is 15.0 Å². The first kappa shape index (κ1) is 10.8. The molecule has 2 heterocycles. The zero-order valence-corrected chi connectivity index (χ0v) is 8.41. The van der Waals surface area contributed by atoms with Crippen molar-refractivity contribution in [2.45, 2.75) is 19.5 Å². The minimum absolute atomic E-state index is 0.0849. The molecule has 0 saturated heterocycles. The molecule has 6 heteroatoms. The molecule has 0 atom stereocenters. The van der Waals surface area contributed by atoms with Crippen LogP contribution in [0, 0.1) is 0 Å². The van der Waals surface area contributed by atoms with Crippen molar-refractivity contribution in [3.63, 3.8) is 0 Å². The summed E-state index contributed by atoms with van der Waals surface area (Å²) in [5.74, 6) is 0.485. The van der Waals surface area contributed by atoms with E-state index in [4.69, 9.17) is 0 Å². The standard InChI is InChI=1S/C10H8F3N3/c1-2-8-14-5-6-3-4-7(10(11,12)13)15-9(6)16-8/h3-5H,2H2,1H3. The van der Waals surface area contributed by atoms with Crippen LogP contribution in [0.4, 0.5) is 13.2 Å². The molecule has 3 nitrogen and oxygen atoms in total. The molecule has 2 aromatic heterocycles. The fourth-order valence-electron chi connectivity index (χ4n) is 1.27. The second kappa shape index (κ2) is 3.70. The van der Waals surface area contributed by atoms with Gasteiger partial charge >= 0.3 is 6.18 Å². The third-order valence-electron chi connectivity index (χ3n) is 2.10. The first-order valence-electron chi connectivity index (χ1n) is 4.70. The second-order valence-corrected chi connectivity index (χ2v) is 3.25. The molecular formula is C10H8F3N3. The Kier molecular flexibility index (Phi) is 2.49. The quantitative estimate of drug-likeness (QED) is 0.751. The predicted molar refractivity (Wildman–Crippen MR) is 51.7 cm³/mol. The normalized spacial score (nSPS) is 12.0. The van der Waals surface area contributed by atoms with Gasteiger partial charge in [-0.1, -0.05) is 6.92 Å². The molecule has 0 radical (unpaired) electrons. The summed E-state index contributed by atoms with van der Waals surface area (Å²) in [6, 6.07) is 2.25. The van der Waals surface area contributed by atoms with Gasteiger partial charge < -0.3 is 0 Å². The van der Waals surface area contributed by atoms with Gasteiger partial charge in [0.25, 0.3) is 0 Å². The van der Waals surface area contributed by atoms with E-state index in [2.05, 4.69) is 15.0 Å². The molecule has 0 fully saturated rings. The predicted octanol–water partition coefficient (Wildman–Crippen LogP) is 2.61. The third-order valence-corrected chi connectivity index (χ3v) is 2.10. The largest absolute Gasteiger partial charge is 0.433 e. The molecular weight excluding hydrogens is 219 g/mol. The van der Waals surface area contributed by atoms with Crippen LogP contribution in [-0.2, 0) is 12.6 Å². The van der Waals surface area contributed by atoms with Crippen LogP contribution >= 0.6 is 0 Å². The summed E-state index contributed by atoms with van der Waals surface area (Å²) in [5.41, 5.74) is -0.845. The van der Waals surface area contributed by atoms with E-state index in [1.165, 1.54) is 12.3 Å². The summed E-state index contributed by atoms with van der Waals surface area (Å²) in [6.07, 6.45) is -2.40. The molecule has 0 saturated carbocycles. The SMILES string of the molecule is CCc1ncc2ccc(C(F)(F)F)nc2n1. The number of aryl methyl sites for hydroxylation is 1. The van der Waals surface area contributed by atoms with Crippen molar-refractivity contribution >= 4 is 11.0 Å². The molecule has 0 aliphatic carbocycles. The number of alkyl halides is 3. The summed E-state index contributed by atoms with van der Waals surface area (Å²) in [7, 11) is 0. The number of halogens is 3. The number of hydrogen-bond acceptors (Lipinski definition) is 3. The molecule has 84 valence electrons. The van der Waals surface area contributed by atoms with E-state index in [1.54, 1.807) is 0 Å². The second-order valence-electron chi connectivity index (χ2n) is 3.25. The lowest BCUT2D eigenvalue weighted by molar-refractivity contribution is -0.141. The lowest BCUT2D eigenvalue weighted by Gasteiger charge is -2.06. The van der Waals surface area contributed by atoms with Crippen LogP contribution in [0.5, 0.6) is 0 Å². The third kappa shape index (κ3) is 1.95. The van der Waals surface area contributed by atoms with E-state index in [9.17, 15) is 13.2 Å². The highest BCUT2D eigenvalue weighted by Crippen LogP contribution is 2.28. The van der Waals surface area contributed by atoms with Crippen molar-refractivity contribution in [3.05, 3.63) is 29.8 Å². The number of aromatic nitrogens is 3. The fraction of sp³-hybridized carbons (Fsp3) is 0.300. The van der Waals surface area contributed by atoms with Crippen molar-refractivity contribution in [1.29, 1.82) is 0 Å². The lowest BCUT2D eigenvalue weighted by atomic mass is 10.3. The van der Waals surface area contributed by atoms with Gasteiger partial charge in [0.1, 0.15) is 11.5 Å². The molecule has 16 heavy (non-hydrogen) atoms. The summed E-state index contributed by atoms with van der Waals surface area (Å²) in [6.45, 7) is 1.83. The highest BCUT2D eigenvalue weighted by Gasteiger charge is 2.32. The average Bonchev–Trinajstić information content (AvgIpc) is 2.26. The maximum Gasteiger partial charge on any atom is 0.433 e. The Morgan fingerprint density at radius 2 is 1.94 bits per heavy atom. The molecule has 2 aromatic rings. The zero-order valence-electron chi connectivity index (χ0n) is 8.41. The van der Waals surface area contributed by atoms with Crippen LogP contribution in [0.2, 0.25) is 0 Å². The van der Waals surface area contributed by atoms with E-state index in [1.807, 2.05) is 6.92 Å². The van der Waals surface area contributed by atoms with E-state index in [0.29, 0.717) is 17.6 Å². The molecule has 0 aromatic carbocycles. The van der Waals surface area contributed by atoms with Crippen LogP contribution in [-0.4, -0.2) is 15.0 Å². The topological polar surface area (TPSA) is 38.7 Å². The smallest absolute Gasteiger partial charge is 0.241 e. The first-order valence-corrected chi connectivity index (χ1v) is 4.70. The van der Waals surface area contributed by atoms with Crippen molar-refractivity contribution in [3.8, 4) is 0 Å². The minimum atomic E-state index is -4.44. The van der Waals surface area contributed by atoms with Gasteiger partial charge in [0, 0.05) is 18.0 Å². The van der Waals surface area contributed by atoms with Crippen LogP contribution in [0.1, 0.15) is 18.4 Å². The maximum absolute atomic E-state index is 12.4. The molecule has 0 unspecified atom stereocenters. The number of pyridine rings is 1. The Morgan fingerprint density at radius 1 is 1.19 bits per heavy atom. The Morgan fingerprint density at radius 3 is 2.56 bits per heavy atom. The van der Waals surface area contributed by atoms with Crippen molar-refractivity contribution < 1.29 is 13.2 Å². The molecule has 0 aliphatic heterocycles. The van der Waals surface area contributed by atoms with Crippen molar-refractivity contribution in [1.82, 2.24) is 15.0 Å². The van der Waals surface area contributed by atoms with Gasteiger partial charge in [-0.3, -0.25) is 0 Å². The minimum Gasteiger partial charge on any atom is -0.241 e. The summed E-state index contributed by atoms with van der Waals surface area (Å²) >= 11 is 0. The zero-order chi connectivity index (χ0) is 11.8. The van der Waals surface area contributed by atoms with E-state index in [-0.39, 0.29) is 5.65 Å². The highest BCUT2D eigenvalue weighted by atomic mass is 19.4. The fourth-order valence-corrected chi connectivity index (χ4v) is 1.27. The number of nitrogens with zero attached hydrogens (tertiary/aromatic N) is 3. The van der Waals surface area contributed by atoms with Gasteiger partial charge in [-0.2, -0.15) is 13.2 Å². The monoisotopic (exact) mass is 227 g/mol. The van der Waals surface area contributed by atoms with Crippen LogP contribution in [0.3, 0.4) is 0 Å². The van der Waals surface area contributed by atoms with Crippen LogP contribution in [0.15, 0.2) is 18.3 Å². The molecule has 2 rings (SSSR count). The molecule has 0 amide bonds. The van der Waals surface area contributed by atoms with E-state index < -0.39 is 11.9 Å². The summed E-state index contributed by atoms with van der Waals surface area (Å²) < 4.78 is 37.2. The molecule has 0 bridgehead atoms.